The van der Waals surface area contributed by atoms with E-state index >= 15 is 0 Å². The van der Waals surface area contributed by atoms with E-state index in [-0.39, 0.29) is 5.01 Å². The second-order valence-corrected chi connectivity index (χ2v) is 4.58. The zero-order valence-corrected chi connectivity index (χ0v) is 10.3. The summed E-state index contributed by atoms with van der Waals surface area (Å²) >= 11 is 6.99. The largest absolute Gasteiger partial charge is 0.366 e. The van der Waals surface area contributed by atoms with Gasteiger partial charge in [-0.2, -0.15) is 0 Å². The van der Waals surface area contributed by atoms with Gasteiger partial charge in [0.1, 0.15) is 5.01 Å². The number of hydrogen-bond donors (Lipinski definition) is 0. The van der Waals surface area contributed by atoms with Crippen LogP contribution in [0.3, 0.4) is 0 Å². The van der Waals surface area contributed by atoms with Crippen LogP contribution in [0.1, 0.15) is 33.1 Å². The SMILES string of the molecule is CCCCOC(Br)C(Br)CC. The zero-order valence-electron chi connectivity index (χ0n) is 7.15. The maximum Gasteiger partial charge on any atom is 0.124 e. The van der Waals surface area contributed by atoms with Crippen molar-refractivity contribution in [3.8, 4) is 0 Å². The summed E-state index contributed by atoms with van der Waals surface area (Å²) in [6.07, 6.45) is 3.42. The summed E-state index contributed by atoms with van der Waals surface area (Å²) in [6, 6.07) is 0. The lowest BCUT2D eigenvalue weighted by Gasteiger charge is -2.15. The smallest absolute Gasteiger partial charge is 0.124 e. The maximum absolute atomic E-state index is 5.50. The van der Waals surface area contributed by atoms with Gasteiger partial charge in [-0.15, -0.1) is 0 Å². The van der Waals surface area contributed by atoms with E-state index in [1.807, 2.05) is 0 Å². The van der Waals surface area contributed by atoms with E-state index in [0.29, 0.717) is 4.83 Å². The Morgan fingerprint density at radius 1 is 1.27 bits per heavy atom. The highest BCUT2D eigenvalue weighted by Crippen LogP contribution is 2.18. The van der Waals surface area contributed by atoms with Crippen LogP contribution in [0.5, 0.6) is 0 Å². The number of ether oxygens (including phenoxy) is 1. The van der Waals surface area contributed by atoms with E-state index in [9.17, 15) is 0 Å². The Morgan fingerprint density at radius 2 is 1.91 bits per heavy atom. The molecule has 0 saturated heterocycles. The Morgan fingerprint density at radius 3 is 2.36 bits per heavy atom. The fraction of sp³-hybridized carbons (Fsp3) is 1.00. The van der Waals surface area contributed by atoms with Gasteiger partial charge in [-0.25, -0.2) is 0 Å². The Labute approximate surface area is 86.1 Å². The molecule has 0 radical (unpaired) electrons. The van der Waals surface area contributed by atoms with E-state index in [2.05, 4.69) is 45.7 Å². The normalized spacial score (nSPS) is 16.4. The Hall–Kier alpha value is 0.920. The van der Waals surface area contributed by atoms with Crippen LogP contribution < -0.4 is 0 Å². The first kappa shape index (κ1) is 11.9. The van der Waals surface area contributed by atoms with Gasteiger partial charge in [-0.1, -0.05) is 52.1 Å². The summed E-state index contributed by atoms with van der Waals surface area (Å²) in [5.41, 5.74) is 0. The summed E-state index contributed by atoms with van der Waals surface area (Å²) in [7, 11) is 0. The monoisotopic (exact) mass is 286 g/mol. The zero-order chi connectivity index (χ0) is 8.69. The molecular formula is C8H16Br2O. The fourth-order valence-corrected chi connectivity index (χ4v) is 1.34. The molecule has 0 rings (SSSR count). The number of hydrogen-bond acceptors (Lipinski definition) is 1. The van der Waals surface area contributed by atoms with Crippen molar-refractivity contribution in [2.24, 2.45) is 0 Å². The average molecular weight is 288 g/mol. The summed E-state index contributed by atoms with van der Waals surface area (Å²) in [4.78, 5) is 0.430. The van der Waals surface area contributed by atoms with Crippen molar-refractivity contribution < 1.29 is 4.74 Å². The quantitative estimate of drug-likeness (QED) is 0.535. The van der Waals surface area contributed by atoms with Crippen molar-refractivity contribution in [2.75, 3.05) is 6.61 Å². The molecule has 1 nitrogen and oxygen atoms in total. The second-order valence-electron chi connectivity index (χ2n) is 2.50. The second kappa shape index (κ2) is 7.56. The predicted octanol–water partition coefficient (Wildman–Crippen LogP) is 3.70. The van der Waals surface area contributed by atoms with Crippen molar-refractivity contribution in [1.82, 2.24) is 0 Å². The molecule has 0 N–H and O–H groups in total. The molecule has 0 aliphatic heterocycles. The third kappa shape index (κ3) is 6.12. The number of halogens is 2. The summed E-state index contributed by atoms with van der Waals surface area (Å²) in [5, 5.41) is 0.166. The van der Waals surface area contributed by atoms with Gasteiger partial charge in [-0.3, -0.25) is 0 Å². The molecule has 0 aliphatic rings. The summed E-state index contributed by atoms with van der Waals surface area (Å²) < 4.78 is 5.50. The first-order chi connectivity index (χ1) is 5.22. The van der Waals surface area contributed by atoms with E-state index in [0.717, 1.165) is 19.4 Å². The molecule has 68 valence electrons. The lowest BCUT2D eigenvalue weighted by molar-refractivity contribution is 0.113. The van der Waals surface area contributed by atoms with Gasteiger partial charge in [-0.05, 0) is 12.8 Å². The molecular weight excluding hydrogens is 272 g/mol. The first-order valence-electron chi connectivity index (χ1n) is 4.12. The number of unbranched alkanes of at least 4 members (excludes halogenated alkanes) is 1. The van der Waals surface area contributed by atoms with Crippen LogP contribution in [-0.2, 0) is 4.74 Å². The van der Waals surface area contributed by atoms with Gasteiger partial charge in [0.05, 0.1) is 4.83 Å². The third-order valence-corrected chi connectivity index (χ3v) is 4.19. The van der Waals surface area contributed by atoms with Crippen LogP contribution >= 0.6 is 31.9 Å². The van der Waals surface area contributed by atoms with Crippen molar-refractivity contribution >= 4 is 31.9 Å². The van der Waals surface area contributed by atoms with Gasteiger partial charge in [0.2, 0.25) is 0 Å². The molecule has 0 bridgehead atoms. The van der Waals surface area contributed by atoms with Crippen molar-refractivity contribution in [2.45, 2.75) is 43.0 Å². The molecule has 0 heterocycles. The van der Waals surface area contributed by atoms with Crippen molar-refractivity contribution in [1.29, 1.82) is 0 Å². The minimum absolute atomic E-state index is 0.166. The molecule has 0 aromatic heterocycles. The number of alkyl halides is 2. The van der Waals surface area contributed by atoms with Crippen LogP contribution in [0.4, 0.5) is 0 Å². The summed E-state index contributed by atoms with van der Waals surface area (Å²) in [5.74, 6) is 0. The molecule has 11 heavy (non-hydrogen) atoms. The Bertz CT molecular complexity index is 88.2. The molecule has 0 saturated carbocycles. The van der Waals surface area contributed by atoms with E-state index in [4.69, 9.17) is 4.74 Å². The number of rotatable bonds is 6. The summed E-state index contributed by atoms with van der Waals surface area (Å²) in [6.45, 7) is 5.16. The molecule has 0 aliphatic carbocycles. The lowest BCUT2D eigenvalue weighted by Crippen LogP contribution is -2.17. The molecule has 0 aromatic rings. The van der Waals surface area contributed by atoms with E-state index in [1.54, 1.807) is 0 Å². The van der Waals surface area contributed by atoms with Gasteiger partial charge < -0.3 is 4.74 Å². The van der Waals surface area contributed by atoms with Crippen molar-refractivity contribution in [3.63, 3.8) is 0 Å². The molecule has 2 unspecified atom stereocenters. The highest BCUT2D eigenvalue weighted by molar-refractivity contribution is 9.12. The Kier molecular flexibility index (Phi) is 8.20. The Balaban J connectivity index is 3.28. The minimum atomic E-state index is 0.166. The van der Waals surface area contributed by atoms with E-state index < -0.39 is 0 Å². The van der Waals surface area contributed by atoms with Crippen LogP contribution in [0.2, 0.25) is 0 Å². The van der Waals surface area contributed by atoms with Crippen LogP contribution in [0, 0.1) is 0 Å². The molecule has 0 fully saturated rings. The van der Waals surface area contributed by atoms with Gasteiger partial charge in [0, 0.05) is 6.61 Å². The average Bonchev–Trinajstić information content (AvgIpc) is 2.03. The maximum atomic E-state index is 5.50. The van der Waals surface area contributed by atoms with Crippen LogP contribution in [0.15, 0.2) is 0 Å². The van der Waals surface area contributed by atoms with Crippen LogP contribution in [0.25, 0.3) is 0 Å². The van der Waals surface area contributed by atoms with Gasteiger partial charge >= 0.3 is 0 Å². The fourth-order valence-electron chi connectivity index (χ4n) is 0.630. The van der Waals surface area contributed by atoms with Crippen molar-refractivity contribution in [3.05, 3.63) is 0 Å². The molecule has 0 aromatic carbocycles. The molecule has 0 amide bonds. The predicted molar refractivity (Wildman–Crippen MR) is 56.6 cm³/mol. The minimum Gasteiger partial charge on any atom is -0.366 e. The van der Waals surface area contributed by atoms with Gasteiger partial charge in [0.25, 0.3) is 0 Å². The standard InChI is InChI=1S/C8H16Br2O/c1-3-5-6-11-8(10)7(9)4-2/h7-8H,3-6H2,1-2H3. The third-order valence-electron chi connectivity index (χ3n) is 1.45. The molecule has 3 heteroatoms. The first-order valence-corrected chi connectivity index (χ1v) is 5.95. The van der Waals surface area contributed by atoms with Gasteiger partial charge in [0.15, 0.2) is 0 Å². The van der Waals surface area contributed by atoms with Crippen LogP contribution in [-0.4, -0.2) is 16.4 Å². The highest BCUT2D eigenvalue weighted by atomic mass is 79.9. The highest BCUT2D eigenvalue weighted by Gasteiger charge is 2.12. The molecule has 0 spiro atoms. The lowest BCUT2D eigenvalue weighted by atomic mass is 10.3. The van der Waals surface area contributed by atoms with E-state index in [1.165, 1.54) is 6.42 Å². The topological polar surface area (TPSA) is 9.23 Å². The molecule has 2 atom stereocenters.